The summed E-state index contributed by atoms with van der Waals surface area (Å²) in [6, 6.07) is 7.70. The maximum Gasteiger partial charge on any atom is 0.243 e. The van der Waals surface area contributed by atoms with E-state index < -0.39 is 0 Å². The lowest BCUT2D eigenvalue weighted by atomic mass is 10.1. The minimum Gasteiger partial charge on any atom is -0.496 e. The maximum absolute atomic E-state index is 11.5. The van der Waals surface area contributed by atoms with E-state index in [-0.39, 0.29) is 5.91 Å². The van der Waals surface area contributed by atoms with E-state index in [1.807, 2.05) is 38.1 Å². The molecule has 0 atom stereocenters. The van der Waals surface area contributed by atoms with Crippen molar-refractivity contribution in [1.82, 2.24) is 5.48 Å². The number of carbonyl (C=O) groups excluding carboxylic acids is 1. The highest BCUT2D eigenvalue weighted by atomic mass is 16.6. The van der Waals surface area contributed by atoms with Crippen LogP contribution in [0.25, 0.3) is 0 Å². The van der Waals surface area contributed by atoms with Gasteiger partial charge in [0, 0.05) is 6.42 Å². The van der Waals surface area contributed by atoms with Gasteiger partial charge in [-0.3, -0.25) is 9.63 Å². The molecule has 0 saturated carbocycles. The molecule has 0 bridgehead atoms. The van der Waals surface area contributed by atoms with Crippen LogP contribution in [0.1, 0.15) is 25.8 Å². The molecule has 18 heavy (non-hydrogen) atoms. The molecule has 0 spiro atoms. The monoisotopic (exact) mass is 251 g/mol. The number of nitrogens with one attached hydrogen (secondary N) is 1. The van der Waals surface area contributed by atoms with E-state index >= 15 is 0 Å². The van der Waals surface area contributed by atoms with Crippen LogP contribution in [-0.4, -0.2) is 19.6 Å². The van der Waals surface area contributed by atoms with Crippen LogP contribution < -0.4 is 10.2 Å². The van der Waals surface area contributed by atoms with Crippen molar-refractivity contribution in [2.75, 3.05) is 13.7 Å². The van der Waals surface area contributed by atoms with Crippen molar-refractivity contribution >= 4 is 5.91 Å². The van der Waals surface area contributed by atoms with E-state index in [0.29, 0.717) is 25.4 Å². The number of hydroxylamine groups is 1. The molecule has 0 radical (unpaired) electrons. The van der Waals surface area contributed by atoms with Crippen molar-refractivity contribution in [2.45, 2.75) is 26.7 Å². The Labute approximate surface area is 108 Å². The molecular formula is C14H21NO3. The van der Waals surface area contributed by atoms with Crippen LogP contribution in [0.2, 0.25) is 0 Å². The van der Waals surface area contributed by atoms with Crippen LogP contribution in [0.3, 0.4) is 0 Å². The fraction of sp³-hybridized carbons (Fsp3) is 0.500. The van der Waals surface area contributed by atoms with Crippen LogP contribution in [0, 0.1) is 5.92 Å². The van der Waals surface area contributed by atoms with Crippen LogP contribution in [-0.2, 0) is 16.1 Å². The fourth-order valence-electron chi connectivity index (χ4n) is 1.50. The standard InChI is InChI=1S/C14H21NO3/c1-11(2)10-18-15-14(16)9-8-12-6-4-5-7-13(12)17-3/h4-7,11H,8-10H2,1-3H3,(H,15,16). The summed E-state index contributed by atoms with van der Waals surface area (Å²) in [5, 5.41) is 0. The van der Waals surface area contributed by atoms with Gasteiger partial charge in [0.25, 0.3) is 0 Å². The van der Waals surface area contributed by atoms with E-state index in [4.69, 9.17) is 9.57 Å². The minimum absolute atomic E-state index is 0.110. The van der Waals surface area contributed by atoms with Crippen LogP contribution >= 0.6 is 0 Å². The Kier molecular flexibility index (Phi) is 6.22. The Morgan fingerprint density at radius 1 is 1.33 bits per heavy atom. The summed E-state index contributed by atoms with van der Waals surface area (Å²) in [4.78, 5) is 16.6. The number of carbonyl (C=O) groups is 1. The van der Waals surface area contributed by atoms with Crippen LogP contribution in [0.15, 0.2) is 24.3 Å². The van der Waals surface area contributed by atoms with Gasteiger partial charge in [-0.05, 0) is 24.0 Å². The first-order valence-corrected chi connectivity index (χ1v) is 6.16. The van der Waals surface area contributed by atoms with Crippen molar-refractivity contribution in [3.8, 4) is 5.75 Å². The van der Waals surface area contributed by atoms with Gasteiger partial charge < -0.3 is 4.74 Å². The van der Waals surface area contributed by atoms with Crippen molar-refractivity contribution in [1.29, 1.82) is 0 Å². The summed E-state index contributed by atoms with van der Waals surface area (Å²) in [5.41, 5.74) is 3.47. The van der Waals surface area contributed by atoms with Gasteiger partial charge in [0.1, 0.15) is 5.75 Å². The van der Waals surface area contributed by atoms with Gasteiger partial charge in [0.2, 0.25) is 5.91 Å². The van der Waals surface area contributed by atoms with Crippen molar-refractivity contribution in [2.24, 2.45) is 5.92 Å². The molecule has 0 aliphatic carbocycles. The van der Waals surface area contributed by atoms with E-state index in [1.165, 1.54) is 0 Å². The maximum atomic E-state index is 11.5. The summed E-state index contributed by atoms with van der Waals surface area (Å²) in [6.45, 7) is 4.59. The second-order valence-electron chi connectivity index (χ2n) is 4.54. The van der Waals surface area contributed by atoms with Crippen LogP contribution in [0.4, 0.5) is 0 Å². The number of hydrogen-bond donors (Lipinski definition) is 1. The quantitative estimate of drug-likeness (QED) is 0.757. The van der Waals surface area contributed by atoms with Crippen molar-refractivity contribution in [3.05, 3.63) is 29.8 Å². The highest BCUT2D eigenvalue weighted by Gasteiger charge is 2.06. The fourth-order valence-corrected chi connectivity index (χ4v) is 1.50. The molecule has 0 aromatic heterocycles. The van der Waals surface area contributed by atoms with Crippen LogP contribution in [0.5, 0.6) is 5.75 Å². The first-order chi connectivity index (χ1) is 8.63. The van der Waals surface area contributed by atoms with E-state index in [0.717, 1.165) is 11.3 Å². The molecule has 0 aliphatic rings. The molecule has 1 aromatic carbocycles. The van der Waals surface area contributed by atoms with E-state index in [1.54, 1.807) is 7.11 Å². The second-order valence-corrected chi connectivity index (χ2v) is 4.54. The SMILES string of the molecule is COc1ccccc1CCC(=O)NOCC(C)C. The topological polar surface area (TPSA) is 47.6 Å². The lowest BCUT2D eigenvalue weighted by molar-refractivity contribution is -0.134. The number of para-hydroxylation sites is 1. The average Bonchev–Trinajstić information content (AvgIpc) is 2.36. The normalized spacial score (nSPS) is 10.4. The number of rotatable bonds is 7. The summed E-state index contributed by atoms with van der Waals surface area (Å²) in [7, 11) is 1.63. The van der Waals surface area contributed by atoms with Crippen molar-refractivity contribution in [3.63, 3.8) is 0 Å². The van der Waals surface area contributed by atoms with E-state index in [9.17, 15) is 4.79 Å². The minimum atomic E-state index is -0.110. The molecule has 0 aliphatic heterocycles. The van der Waals surface area contributed by atoms with Gasteiger partial charge in [-0.1, -0.05) is 32.0 Å². The van der Waals surface area contributed by atoms with Gasteiger partial charge in [-0.25, -0.2) is 5.48 Å². The lowest BCUT2D eigenvalue weighted by Gasteiger charge is -2.09. The summed E-state index contributed by atoms with van der Waals surface area (Å²) >= 11 is 0. The Balaban J connectivity index is 2.33. The number of hydrogen-bond acceptors (Lipinski definition) is 3. The summed E-state index contributed by atoms with van der Waals surface area (Å²) in [6.07, 6.45) is 1.03. The van der Waals surface area contributed by atoms with E-state index in [2.05, 4.69) is 5.48 Å². The molecule has 4 heteroatoms. The molecule has 4 nitrogen and oxygen atoms in total. The number of methoxy groups -OCH3 is 1. The molecule has 0 unspecified atom stereocenters. The number of amides is 1. The third kappa shape index (κ3) is 5.19. The molecule has 1 aromatic rings. The first kappa shape index (κ1) is 14.5. The first-order valence-electron chi connectivity index (χ1n) is 6.16. The van der Waals surface area contributed by atoms with Gasteiger partial charge in [0.05, 0.1) is 13.7 Å². The zero-order valence-corrected chi connectivity index (χ0v) is 11.2. The molecule has 1 rings (SSSR count). The van der Waals surface area contributed by atoms with Gasteiger partial charge in [0.15, 0.2) is 0 Å². The molecule has 0 heterocycles. The predicted octanol–water partition coefficient (Wildman–Crippen LogP) is 2.33. The highest BCUT2D eigenvalue weighted by molar-refractivity contribution is 5.75. The highest BCUT2D eigenvalue weighted by Crippen LogP contribution is 2.18. The molecule has 0 saturated heterocycles. The van der Waals surface area contributed by atoms with Crippen molar-refractivity contribution < 1.29 is 14.4 Å². The Bertz CT molecular complexity index is 377. The molecule has 100 valence electrons. The smallest absolute Gasteiger partial charge is 0.243 e. The molecule has 0 fully saturated rings. The average molecular weight is 251 g/mol. The number of benzene rings is 1. The molecule has 1 N–H and O–H groups in total. The Morgan fingerprint density at radius 3 is 2.72 bits per heavy atom. The molecule has 1 amide bonds. The lowest BCUT2D eigenvalue weighted by Crippen LogP contribution is -2.25. The largest absolute Gasteiger partial charge is 0.496 e. The molecular weight excluding hydrogens is 230 g/mol. The second kappa shape index (κ2) is 7.71. The Morgan fingerprint density at radius 2 is 2.06 bits per heavy atom. The zero-order valence-electron chi connectivity index (χ0n) is 11.2. The summed E-state index contributed by atoms with van der Waals surface area (Å²) < 4.78 is 5.23. The Hall–Kier alpha value is -1.55. The number of aryl methyl sites for hydroxylation is 1. The number of ether oxygens (including phenoxy) is 1. The summed E-state index contributed by atoms with van der Waals surface area (Å²) in [5.74, 6) is 1.11. The van der Waals surface area contributed by atoms with Gasteiger partial charge in [-0.2, -0.15) is 0 Å². The third-order valence-corrected chi connectivity index (χ3v) is 2.42. The predicted molar refractivity (Wildman–Crippen MR) is 70.2 cm³/mol. The van der Waals surface area contributed by atoms with Gasteiger partial charge >= 0.3 is 0 Å². The zero-order chi connectivity index (χ0) is 13.4. The van der Waals surface area contributed by atoms with Gasteiger partial charge in [-0.15, -0.1) is 0 Å². The third-order valence-electron chi connectivity index (χ3n) is 2.42.